The highest BCUT2D eigenvalue weighted by molar-refractivity contribution is 5.81. The van der Waals surface area contributed by atoms with Crippen molar-refractivity contribution < 1.29 is 19.4 Å². The number of nitrogens with zero attached hydrogens (tertiary/aromatic N) is 1. The van der Waals surface area contributed by atoms with Crippen LogP contribution >= 0.6 is 0 Å². The number of carboxylic acid groups (broad SMARTS) is 1. The standard InChI is InChI=1S/C14H25NO4/c1-3-11(2)15(10-14(17)18)13(16)8-7-12-6-4-5-9-19-12/h11-12H,3-10H2,1-2H3,(H,17,18). The van der Waals surface area contributed by atoms with Crippen LogP contribution in [-0.4, -0.2) is 47.2 Å². The third-order valence-corrected chi connectivity index (χ3v) is 3.70. The van der Waals surface area contributed by atoms with Gasteiger partial charge in [0.1, 0.15) is 6.54 Å². The summed E-state index contributed by atoms with van der Waals surface area (Å²) in [5.74, 6) is -1.03. The lowest BCUT2D eigenvalue weighted by Crippen LogP contribution is -2.42. The van der Waals surface area contributed by atoms with E-state index in [4.69, 9.17) is 9.84 Å². The van der Waals surface area contributed by atoms with Crippen LogP contribution in [0.15, 0.2) is 0 Å². The summed E-state index contributed by atoms with van der Waals surface area (Å²) < 4.78 is 5.59. The molecular formula is C14H25NO4. The van der Waals surface area contributed by atoms with Crippen molar-refractivity contribution in [3.05, 3.63) is 0 Å². The predicted molar refractivity (Wildman–Crippen MR) is 71.9 cm³/mol. The molecule has 1 aliphatic heterocycles. The topological polar surface area (TPSA) is 66.8 Å². The molecule has 0 aliphatic carbocycles. The molecule has 1 N–H and O–H groups in total. The first kappa shape index (κ1) is 16.0. The van der Waals surface area contributed by atoms with Gasteiger partial charge in [0.15, 0.2) is 0 Å². The van der Waals surface area contributed by atoms with Crippen LogP contribution in [0.1, 0.15) is 52.4 Å². The van der Waals surface area contributed by atoms with Crippen molar-refractivity contribution in [3.63, 3.8) is 0 Å². The van der Waals surface area contributed by atoms with Gasteiger partial charge in [-0.3, -0.25) is 9.59 Å². The van der Waals surface area contributed by atoms with Gasteiger partial charge in [0.2, 0.25) is 5.91 Å². The quantitative estimate of drug-likeness (QED) is 0.769. The zero-order chi connectivity index (χ0) is 14.3. The van der Waals surface area contributed by atoms with Crippen molar-refractivity contribution in [2.45, 2.75) is 64.5 Å². The Bertz CT molecular complexity index is 300. The molecule has 0 bridgehead atoms. The summed E-state index contributed by atoms with van der Waals surface area (Å²) in [4.78, 5) is 24.4. The second kappa shape index (κ2) is 8.15. The summed E-state index contributed by atoms with van der Waals surface area (Å²) in [6.45, 7) is 4.41. The summed E-state index contributed by atoms with van der Waals surface area (Å²) in [6.07, 6.45) is 5.27. The smallest absolute Gasteiger partial charge is 0.323 e. The Kier molecular flexibility index (Phi) is 6.84. The van der Waals surface area contributed by atoms with Gasteiger partial charge in [0.05, 0.1) is 6.10 Å². The van der Waals surface area contributed by atoms with E-state index < -0.39 is 5.97 Å². The second-order valence-electron chi connectivity index (χ2n) is 5.20. The molecule has 1 saturated heterocycles. The van der Waals surface area contributed by atoms with Crippen molar-refractivity contribution in [1.29, 1.82) is 0 Å². The molecule has 0 saturated carbocycles. The molecule has 0 aromatic carbocycles. The van der Waals surface area contributed by atoms with Gasteiger partial charge >= 0.3 is 5.97 Å². The molecule has 110 valence electrons. The lowest BCUT2D eigenvalue weighted by Gasteiger charge is -2.28. The monoisotopic (exact) mass is 271 g/mol. The number of hydrogen-bond acceptors (Lipinski definition) is 3. The number of carbonyl (C=O) groups is 2. The van der Waals surface area contributed by atoms with Crippen LogP contribution in [0.4, 0.5) is 0 Å². The van der Waals surface area contributed by atoms with Crippen LogP contribution < -0.4 is 0 Å². The third kappa shape index (κ3) is 5.59. The Labute approximate surface area is 114 Å². The normalized spacial score (nSPS) is 20.8. The van der Waals surface area contributed by atoms with E-state index in [1.54, 1.807) is 0 Å². The Morgan fingerprint density at radius 3 is 2.68 bits per heavy atom. The van der Waals surface area contributed by atoms with E-state index in [1.165, 1.54) is 4.90 Å². The molecule has 0 radical (unpaired) electrons. The summed E-state index contributed by atoms with van der Waals surface area (Å²) >= 11 is 0. The number of hydrogen-bond donors (Lipinski definition) is 1. The predicted octanol–water partition coefficient (Wildman–Crippen LogP) is 2.05. The fourth-order valence-corrected chi connectivity index (χ4v) is 2.32. The van der Waals surface area contributed by atoms with Crippen LogP contribution in [-0.2, 0) is 14.3 Å². The molecule has 0 aromatic heterocycles. The Morgan fingerprint density at radius 1 is 1.42 bits per heavy atom. The second-order valence-corrected chi connectivity index (χ2v) is 5.20. The van der Waals surface area contributed by atoms with Gasteiger partial charge in [-0.15, -0.1) is 0 Å². The largest absolute Gasteiger partial charge is 0.480 e. The van der Waals surface area contributed by atoms with Gasteiger partial charge in [0, 0.05) is 19.1 Å². The highest BCUT2D eigenvalue weighted by atomic mass is 16.5. The number of carbonyl (C=O) groups excluding carboxylic acids is 1. The maximum Gasteiger partial charge on any atom is 0.323 e. The molecule has 2 atom stereocenters. The van der Waals surface area contributed by atoms with Crippen LogP contribution in [0.25, 0.3) is 0 Å². The Hall–Kier alpha value is -1.10. The maximum atomic E-state index is 12.1. The average molecular weight is 271 g/mol. The minimum absolute atomic E-state index is 0.0316. The summed E-state index contributed by atoms with van der Waals surface area (Å²) in [5.41, 5.74) is 0. The minimum atomic E-state index is -0.956. The van der Waals surface area contributed by atoms with Crippen LogP contribution in [0.3, 0.4) is 0 Å². The van der Waals surface area contributed by atoms with E-state index in [1.807, 2.05) is 13.8 Å². The molecule has 0 spiro atoms. The molecule has 2 unspecified atom stereocenters. The van der Waals surface area contributed by atoms with Gasteiger partial charge in [-0.1, -0.05) is 6.92 Å². The van der Waals surface area contributed by atoms with Gasteiger partial charge in [0.25, 0.3) is 0 Å². The fourth-order valence-electron chi connectivity index (χ4n) is 2.32. The van der Waals surface area contributed by atoms with E-state index in [0.29, 0.717) is 12.8 Å². The number of aliphatic carboxylic acids is 1. The first-order chi connectivity index (χ1) is 9.04. The molecule has 5 nitrogen and oxygen atoms in total. The van der Waals surface area contributed by atoms with E-state index >= 15 is 0 Å². The average Bonchev–Trinajstić information content (AvgIpc) is 2.42. The Morgan fingerprint density at radius 2 is 2.16 bits per heavy atom. The van der Waals surface area contributed by atoms with Crippen LogP contribution in [0, 0.1) is 0 Å². The SMILES string of the molecule is CCC(C)N(CC(=O)O)C(=O)CCC1CCCCO1. The van der Waals surface area contributed by atoms with Crippen molar-refractivity contribution in [2.75, 3.05) is 13.2 Å². The molecule has 1 amide bonds. The summed E-state index contributed by atoms with van der Waals surface area (Å²) in [7, 11) is 0. The summed E-state index contributed by atoms with van der Waals surface area (Å²) in [6, 6.07) is -0.0316. The molecule has 1 fully saturated rings. The number of rotatable bonds is 7. The summed E-state index contributed by atoms with van der Waals surface area (Å²) in [5, 5.41) is 8.88. The van der Waals surface area contributed by atoms with Crippen molar-refractivity contribution in [3.8, 4) is 0 Å². The van der Waals surface area contributed by atoms with E-state index in [9.17, 15) is 9.59 Å². The Balaban J connectivity index is 2.43. The number of carboxylic acids is 1. The molecule has 0 aromatic rings. The van der Waals surface area contributed by atoms with Gasteiger partial charge in [-0.25, -0.2) is 0 Å². The van der Waals surface area contributed by atoms with Crippen molar-refractivity contribution in [1.82, 2.24) is 4.90 Å². The molecule has 1 aliphatic rings. The molecular weight excluding hydrogens is 246 g/mol. The van der Waals surface area contributed by atoms with E-state index in [0.717, 1.165) is 32.3 Å². The lowest BCUT2D eigenvalue weighted by molar-refractivity contribution is -0.146. The van der Waals surface area contributed by atoms with Crippen molar-refractivity contribution in [2.24, 2.45) is 0 Å². The van der Waals surface area contributed by atoms with E-state index in [2.05, 4.69) is 0 Å². The molecule has 5 heteroatoms. The maximum absolute atomic E-state index is 12.1. The number of amides is 1. The zero-order valence-electron chi connectivity index (χ0n) is 11.9. The highest BCUT2D eigenvalue weighted by Crippen LogP contribution is 2.18. The van der Waals surface area contributed by atoms with E-state index in [-0.39, 0.29) is 24.6 Å². The molecule has 19 heavy (non-hydrogen) atoms. The van der Waals surface area contributed by atoms with Gasteiger partial charge in [-0.05, 0) is 39.0 Å². The number of ether oxygens (including phenoxy) is 1. The highest BCUT2D eigenvalue weighted by Gasteiger charge is 2.23. The minimum Gasteiger partial charge on any atom is -0.480 e. The van der Waals surface area contributed by atoms with Crippen LogP contribution in [0.5, 0.6) is 0 Å². The first-order valence-electron chi connectivity index (χ1n) is 7.17. The zero-order valence-corrected chi connectivity index (χ0v) is 11.9. The lowest BCUT2D eigenvalue weighted by atomic mass is 10.0. The molecule has 1 rings (SSSR count). The van der Waals surface area contributed by atoms with Crippen LogP contribution in [0.2, 0.25) is 0 Å². The first-order valence-corrected chi connectivity index (χ1v) is 7.17. The van der Waals surface area contributed by atoms with Gasteiger partial charge in [-0.2, -0.15) is 0 Å². The van der Waals surface area contributed by atoms with Gasteiger partial charge < -0.3 is 14.7 Å². The van der Waals surface area contributed by atoms with Crippen molar-refractivity contribution >= 4 is 11.9 Å². The molecule has 1 heterocycles. The third-order valence-electron chi connectivity index (χ3n) is 3.70. The fraction of sp³-hybridized carbons (Fsp3) is 0.857.